The zero-order valence-corrected chi connectivity index (χ0v) is 15.0. The summed E-state index contributed by atoms with van der Waals surface area (Å²) in [5, 5.41) is 0. The Balaban J connectivity index is 1.44. The van der Waals surface area contributed by atoms with Crippen molar-refractivity contribution < 1.29 is 4.79 Å². The molecule has 1 aliphatic heterocycles. The minimum absolute atomic E-state index is 0.109. The molecule has 1 saturated heterocycles. The molecule has 2 aromatic heterocycles. The van der Waals surface area contributed by atoms with Crippen LogP contribution in [-0.2, 0) is 13.6 Å². The number of hydrogen-bond donors (Lipinski definition) is 0. The van der Waals surface area contributed by atoms with Crippen molar-refractivity contribution >= 4 is 5.91 Å². The lowest BCUT2D eigenvalue weighted by Gasteiger charge is -2.32. The molecular weight excluding hydrogens is 326 g/mol. The third-order valence-corrected chi connectivity index (χ3v) is 5.06. The van der Waals surface area contributed by atoms with E-state index in [2.05, 4.69) is 14.5 Å². The zero-order valence-electron chi connectivity index (χ0n) is 15.0. The van der Waals surface area contributed by atoms with Gasteiger partial charge >= 0.3 is 0 Å². The number of piperidine rings is 1. The van der Waals surface area contributed by atoms with Crippen molar-refractivity contribution in [3.05, 3.63) is 72.3 Å². The smallest absolute Gasteiger partial charge is 0.253 e. The normalized spacial score (nSPS) is 17.4. The van der Waals surface area contributed by atoms with Crippen LogP contribution in [0.2, 0.25) is 0 Å². The summed E-state index contributed by atoms with van der Waals surface area (Å²) in [5.74, 6) is 1.49. The molecule has 1 amide bonds. The number of benzene rings is 1. The van der Waals surface area contributed by atoms with Crippen LogP contribution >= 0.6 is 0 Å². The highest BCUT2D eigenvalue weighted by Gasteiger charge is 2.27. The molecule has 0 N–H and O–H groups in total. The van der Waals surface area contributed by atoms with Crippen molar-refractivity contribution in [3.8, 4) is 0 Å². The van der Waals surface area contributed by atoms with Crippen LogP contribution in [0.5, 0.6) is 0 Å². The first-order valence-corrected chi connectivity index (χ1v) is 9.02. The second-order valence-electron chi connectivity index (χ2n) is 6.92. The molecular formula is C20H23N5O. The quantitative estimate of drug-likeness (QED) is 0.728. The zero-order chi connectivity index (χ0) is 17.9. The van der Waals surface area contributed by atoms with Gasteiger partial charge in [0.15, 0.2) is 0 Å². The van der Waals surface area contributed by atoms with Gasteiger partial charge in [-0.25, -0.2) is 9.97 Å². The van der Waals surface area contributed by atoms with Gasteiger partial charge in [0, 0.05) is 63.0 Å². The molecule has 1 fully saturated rings. The first kappa shape index (κ1) is 16.6. The highest BCUT2D eigenvalue weighted by molar-refractivity contribution is 5.94. The molecule has 6 nitrogen and oxygen atoms in total. The lowest BCUT2D eigenvalue weighted by atomic mass is 9.96. The minimum Gasteiger partial charge on any atom is -0.338 e. The monoisotopic (exact) mass is 349 g/mol. The summed E-state index contributed by atoms with van der Waals surface area (Å²) in [6.45, 7) is 2.32. The van der Waals surface area contributed by atoms with E-state index in [1.165, 1.54) is 0 Å². The number of amides is 1. The third-order valence-electron chi connectivity index (χ3n) is 5.06. The third kappa shape index (κ3) is 3.40. The summed E-state index contributed by atoms with van der Waals surface area (Å²) in [6.07, 6.45) is 11.4. The maximum atomic E-state index is 12.9. The lowest BCUT2D eigenvalue weighted by molar-refractivity contribution is 0.0703. The summed E-state index contributed by atoms with van der Waals surface area (Å²) in [4.78, 5) is 23.4. The number of carbonyl (C=O) groups is 1. The number of nitrogens with zero attached hydrogens (tertiary/aromatic N) is 5. The standard InChI is InChI=1S/C20H23N5O/c1-23-11-9-22-19(23)18-3-2-10-25(14-18)20(26)17-6-4-16(5-7-17)13-24-12-8-21-15-24/h4-9,11-12,15,18H,2-3,10,13-14H2,1H3. The predicted octanol–water partition coefficient (Wildman–Crippen LogP) is 2.68. The van der Waals surface area contributed by atoms with Crippen LogP contribution in [0.25, 0.3) is 0 Å². The lowest BCUT2D eigenvalue weighted by Crippen LogP contribution is -2.39. The number of carbonyl (C=O) groups excluding carboxylic acids is 1. The van der Waals surface area contributed by atoms with Gasteiger partial charge in [0.05, 0.1) is 6.33 Å². The fourth-order valence-electron chi connectivity index (χ4n) is 3.67. The Morgan fingerprint density at radius 3 is 2.73 bits per heavy atom. The van der Waals surface area contributed by atoms with Crippen LogP contribution in [0, 0.1) is 0 Å². The van der Waals surface area contributed by atoms with E-state index in [0.29, 0.717) is 5.92 Å². The Kier molecular flexibility index (Phi) is 4.56. The fourth-order valence-corrected chi connectivity index (χ4v) is 3.67. The molecule has 0 radical (unpaired) electrons. The second kappa shape index (κ2) is 7.15. The largest absolute Gasteiger partial charge is 0.338 e. The van der Waals surface area contributed by atoms with Gasteiger partial charge in [-0.3, -0.25) is 4.79 Å². The van der Waals surface area contributed by atoms with Crippen molar-refractivity contribution in [2.75, 3.05) is 13.1 Å². The minimum atomic E-state index is 0.109. The number of aryl methyl sites for hydroxylation is 1. The molecule has 0 bridgehead atoms. The molecule has 0 saturated carbocycles. The molecule has 3 aromatic rings. The first-order valence-electron chi connectivity index (χ1n) is 9.02. The highest BCUT2D eigenvalue weighted by atomic mass is 16.2. The van der Waals surface area contributed by atoms with E-state index in [1.807, 2.05) is 59.4 Å². The molecule has 4 rings (SSSR count). The van der Waals surface area contributed by atoms with E-state index in [-0.39, 0.29) is 5.91 Å². The molecule has 1 atom stereocenters. The van der Waals surface area contributed by atoms with E-state index < -0.39 is 0 Å². The predicted molar refractivity (Wildman–Crippen MR) is 98.9 cm³/mol. The molecule has 0 aliphatic carbocycles. The molecule has 0 spiro atoms. The molecule has 1 unspecified atom stereocenters. The van der Waals surface area contributed by atoms with Crippen LogP contribution in [0.1, 0.15) is 40.5 Å². The van der Waals surface area contributed by atoms with Gasteiger partial charge < -0.3 is 14.0 Å². The van der Waals surface area contributed by atoms with E-state index in [1.54, 1.807) is 12.5 Å². The first-order chi connectivity index (χ1) is 12.7. The Labute approximate surface area is 153 Å². The molecule has 26 heavy (non-hydrogen) atoms. The highest BCUT2D eigenvalue weighted by Crippen LogP contribution is 2.26. The Bertz CT molecular complexity index is 866. The van der Waals surface area contributed by atoms with Gasteiger partial charge in [-0.15, -0.1) is 0 Å². The van der Waals surface area contributed by atoms with Gasteiger partial charge in [0.1, 0.15) is 5.82 Å². The number of aromatic nitrogens is 4. The number of likely N-dealkylation sites (tertiary alicyclic amines) is 1. The van der Waals surface area contributed by atoms with Crippen LogP contribution in [0.15, 0.2) is 55.4 Å². The van der Waals surface area contributed by atoms with E-state index >= 15 is 0 Å². The SMILES string of the molecule is Cn1ccnc1C1CCCN(C(=O)c2ccc(Cn3ccnc3)cc2)C1. The number of imidazole rings is 2. The van der Waals surface area contributed by atoms with Crippen LogP contribution in [0.3, 0.4) is 0 Å². The van der Waals surface area contributed by atoms with Crippen molar-refractivity contribution in [1.82, 2.24) is 24.0 Å². The average molecular weight is 349 g/mol. The van der Waals surface area contributed by atoms with Gasteiger partial charge in [-0.05, 0) is 30.5 Å². The maximum absolute atomic E-state index is 12.9. The molecule has 6 heteroatoms. The van der Waals surface area contributed by atoms with Crippen LogP contribution < -0.4 is 0 Å². The van der Waals surface area contributed by atoms with Gasteiger partial charge in [0.25, 0.3) is 5.91 Å². The topological polar surface area (TPSA) is 56.0 Å². The number of hydrogen-bond acceptors (Lipinski definition) is 3. The van der Waals surface area contributed by atoms with E-state index in [9.17, 15) is 4.79 Å². The fraction of sp³-hybridized carbons (Fsp3) is 0.350. The molecule has 1 aliphatic rings. The van der Waals surface area contributed by atoms with Crippen molar-refractivity contribution in [3.63, 3.8) is 0 Å². The van der Waals surface area contributed by atoms with E-state index in [0.717, 1.165) is 49.4 Å². The summed E-state index contributed by atoms with van der Waals surface area (Å²) >= 11 is 0. The summed E-state index contributed by atoms with van der Waals surface area (Å²) in [7, 11) is 2.02. The van der Waals surface area contributed by atoms with Crippen LogP contribution in [0.4, 0.5) is 0 Å². The maximum Gasteiger partial charge on any atom is 0.253 e. The van der Waals surface area contributed by atoms with E-state index in [4.69, 9.17) is 0 Å². The van der Waals surface area contributed by atoms with Gasteiger partial charge in [-0.1, -0.05) is 12.1 Å². The Morgan fingerprint density at radius 2 is 2.04 bits per heavy atom. The van der Waals surface area contributed by atoms with Gasteiger partial charge in [0.2, 0.25) is 0 Å². The summed E-state index contributed by atoms with van der Waals surface area (Å²) in [5.41, 5.74) is 1.91. The molecule has 134 valence electrons. The molecule has 3 heterocycles. The van der Waals surface area contributed by atoms with Crippen molar-refractivity contribution in [2.45, 2.75) is 25.3 Å². The Hall–Kier alpha value is -2.89. The molecule has 1 aromatic carbocycles. The summed E-state index contributed by atoms with van der Waals surface area (Å²) in [6, 6.07) is 7.90. The average Bonchev–Trinajstić information content (AvgIpc) is 3.33. The van der Waals surface area contributed by atoms with Crippen molar-refractivity contribution in [1.29, 1.82) is 0 Å². The second-order valence-corrected chi connectivity index (χ2v) is 6.92. The van der Waals surface area contributed by atoms with Crippen LogP contribution in [-0.4, -0.2) is 43.0 Å². The number of rotatable bonds is 4. The Morgan fingerprint density at radius 1 is 1.19 bits per heavy atom. The van der Waals surface area contributed by atoms with Crippen molar-refractivity contribution in [2.24, 2.45) is 7.05 Å². The summed E-state index contributed by atoms with van der Waals surface area (Å²) < 4.78 is 4.07. The van der Waals surface area contributed by atoms with Gasteiger partial charge in [-0.2, -0.15) is 0 Å².